The molecule has 0 aromatic rings. The number of nitrogens with two attached hydrogens (primary N) is 1. The molecule has 13 heavy (non-hydrogen) atoms. The Balaban J connectivity index is 2.74. The normalized spacial score (nSPS) is 20.0. The second kappa shape index (κ2) is 3.32. The Morgan fingerprint density at radius 2 is 2.15 bits per heavy atom. The lowest BCUT2D eigenvalue weighted by Crippen LogP contribution is -2.45. The average Bonchev–Trinajstić information content (AvgIpc) is 2.02. The molecule has 1 rings (SSSR count). The van der Waals surface area contributed by atoms with Crippen molar-refractivity contribution in [3.63, 3.8) is 0 Å². The molecule has 0 saturated heterocycles. The van der Waals surface area contributed by atoms with Crippen LogP contribution in [0.25, 0.3) is 0 Å². The van der Waals surface area contributed by atoms with Crippen molar-refractivity contribution in [1.29, 1.82) is 0 Å². The van der Waals surface area contributed by atoms with Crippen LogP contribution >= 0.6 is 0 Å². The summed E-state index contributed by atoms with van der Waals surface area (Å²) in [5, 5.41) is 0. The monoisotopic (exact) mass is 192 g/mol. The van der Waals surface area contributed by atoms with Gasteiger partial charge in [0.05, 0.1) is 5.82 Å². The van der Waals surface area contributed by atoms with Crippen molar-refractivity contribution in [2.24, 2.45) is 5.73 Å². The van der Waals surface area contributed by atoms with Gasteiger partial charge in [-0.1, -0.05) is 12.2 Å². The van der Waals surface area contributed by atoms with E-state index in [1.165, 1.54) is 6.08 Å². The maximum absolute atomic E-state index is 12.3. The summed E-state index contributed by atoms with van der Waals surface area (Å²) in [6.45, 7) is 1.31. The predicted octanol–water partition coefficient (Wildman–Crippen LogP) is 1.61. The van der Waals surface area contributed by atoms with Gasteiger partial charge in [0.25, 0.3) is 0 Å². The molecule has 1 atom stereocenters. The minimum absolute atomic E-state index is 0.160. The van der Waals surface area contributed by atoms with Crippen LogP contribution in [0.4, 0.5) is 13.2 Å². The molecule has 1 aliphatic heterocycles. The van der Waals surface area contributed by atoms with E-state index in [0.717, 1.165) is 11.8 Å². The molecule has 0 fully saturated rings. The first-order valence-electron chi connectivity index (χ1n) is 3.88. The highest BCUT2D eigenvalue weighted by molar-refractivity contribution is 5.16. The lowest BCUT2D eigenvalue weighted by Gasteiger charge is -2.32. The Kier molecular flexibility index (Phi) is 2.54. The van der Waals surface area contributed by atoms with Crippen LogP contribution in [0, 0.1) is 0 Å². The molecular formula is C8H11F3N2. The first kappa shape index (κ1) is 9.95. The van der Waals surface area contributed by atoms with Crippen LogP contribution in [0.1, 0.15) is 6.92 Å². The van der Waals surface area contributed by atoms with Gasteiger partial charge in [0.1, 0.15) is 6.04 Å². The van der Waals surface area contributed by atoms with E-state index in [1.54, 1.807) is 12.2 Å². The Morgan fingerprint density at radius 1 is 1.54 bits per heavy atom. The van der Waals surface area contributed by atoms with Gasteiger partial charge in [-0.25, -0.2) is 0 Å². The van der Waals surface area contributed by atoms with Crippen LogP contribution in [-0.2, 0) is 0 Å². The number of hydrogen-bond donors (Lipinski definition) is 1. The van der Waals surface area contributed by atoms with E-state index in [4.69, 9.17) is 5.73 Å². The van der Waals surface area contributed by atoms with Crippen LogP contribution in [0.15, 0.2) is 24.0 Å². The third-order valence-electron chi connectivity index (χ3n) is 1.98. The molecule has 0 aromatic carbocycles. The molecule has 2 N–H and O–H groups in total. The number of nitrogens with zero attached hydrogens (tertiary/aromatic N) is 1. The van der Waals surface area contributed by atoms with Crippen molar-refractivity contribution in [3.05, 3.63) is 24.0 Å². The summed E-state index contributed by atoms with van der Waals surface area (Å²) in [7, 11) is 0. The largest absolute Gasteiger partial charge is 0.408 e. The molecule has 1 heterocycles. The lowest BCUT2D eigenvalue weighted by molar-refractivity contribution is -0.172. The number of allylic oxidation sites excluding steroid dienone is 2. The molecule has 0 aliphatic carbocycles. The minimum Gasteiger partial charge on any atom is -0.385 e. The maximum atomic E-state index is 12.3. The molecule has 0 aromatic heterocycles. The third-order valence-corrected chi connectivity index (χ3v) is 1.98. The zero-order valence-corrected chi connectivity index (χ0v) is 7.17. The van der Waals surface area contributed by atoms with Crippen molar-refractivity contribution in [1.82, 2.24) is 4.90 Å². The van der Waals surface area contributed by atoms with Crippen LogP contribution in [0.2, 0.25) is 0 Å². The second-order valence-corrected chi connectivity index (χ2v) is 2.89. The topological polar surface area (TPSA) is 29.3 Å². The number of halogens is 3. The van der Waals surface area contributed by atoms with Crippen LogP contribution in [0.3, 0.4) is 0 Å². The molecular weight excluding hydrogens is 181 g/mol. The van der Waals surface area contributed by atoms with E-state index in [2.05, 4.69) is 0 Å². The average molecular weight is 192 g/mol. The summed E-state index contributed by atoms with van der Waals surface area (Å²) >= 11 is 0. The van der Waals surface area contributed by atoms with E-state index >= 15 is 0 Å². The van der Waals surface area contributed by atoms with E-state index in [-0.39, 0.29) is 12.4 Å². The van der Waals surface area contributed by atoms with Gasteiger partial charge in [-0.15, -0.1) is 0 Å². The SMILES string of the molecule is CC(N1CC=CC=C1N)C(F)(F)F. The van der Waals surface area contributed by atoms with Gasteiger partial charge in [0, 0.05) is 6.54 Å². The summed E-state index contributed by atoms with van der Waals surface area (Å²) < 4.78 is 36.8. The summed E-state index contributed by atoms with van der Waals surface area (Å²) in [4.78, 5) is 1.11. The molecule has 0 amide bonds. The fourth-order valence-electron chi connectivity index (χ4n) is 1.10. The Bertz CT molecular complexity index is 242. The third kappa shape index (κ3) is 2.17. The highest BCUT2D eigenvalue weighted by Crippen LogP contribution is 2.26. The quantitative estimate of drug-likeness (QED) is 0.683. The van der Waals surface area contributed by atoms with Crippen LogP contribution in [-0.4, -0.2) is 23.7 Å². The van der Waals surface area contributed by atoms with E-state index in [9.17, 15) is 13.2 Å². The first-order chi connectivity index (χ1) is 5.93. The molecule has 74 valence electrons. The Morgan fingerprint density at radius 3 is 2.62 bits per heavy atom. The van der Waals surface area contributed by atoms with E-state index in [0.29, 0.717) is 0 Å². The van der Waals surface area contributed by atoms with Gasteiger partial charge in [-0.2, -0.15) is 13.2 Å². The summed E-state index contributed by atoms with van der Waals surface area (Å²) in [6.07, 6.45) is 0.517. The van der Waals surface area contributed by atoms with Gasteiger partial charge >= 0.3 is 6.18 Å². The Labute approximate surface area is 74.5 Å². The van der Waals surface area contributed by atoms with Crippen molar-refractivity contribution in [2.75, 3.05) is 6.54 Å². The van der Waals surface area contributed by atoms with Crippen LogP contribution in [0.5, 0.6) is 0 Å². The van der Waals surface area contributed by atoms with Crippen molar-refractivity contribution >= 4 is 0 Å². The van der Waals surface area contributed by atoms with E-state index in [1.807, 2.05) is 0 Å². The van der Waals surface area contributed by atoms with Gasteiger partial charge in [0.2, 0.25) is 0 Å². The zero-order valence-electron chi connectivity index (χ0n) is 7.17. The predicted molar refractivity (Wildman–Crippen MR) is 43.6 cm³/mol. The van der Waals surface area contributed by atoms with Gasteiger partial charge in [-0.05, 0) is 13.0 Å². The van der Waals surface area contributed by atoms with Crippen molar-refractivity contribution < 1.29 is 13.2 Å². The fourth-order valence-corrected chi connectivity index (χ4v) is 1.10. The molecule has 1 unspecified atom stereocenters. The second-order valence-electron chi connectivity index (χ2n) is 2.89. The smallest absolute Gasteiger partial charge is 0.385 e. The van der Waals surface area contributed by atoms with Gasteiger partial charge in [0.15, 0.2) is 0 Å². The van der Waals surface area contributed by atoms with Crippen molar-refractivity contribution in [2.45, 2.75) is 19.1 Å². The first-order valence-corrected chi connectivity index (χ1v) is 3.88. The summed E-state index contributed by atoms with van der Waals surface area (Å²) in [5.41, 5.74) is 5.41. The summed E-state index contributed by atoms with van der Waals surface area (Å²) in [6, 6.07) is -1.53. The number of rotatable bonds is 1. The van der Waals surface area contributed by atoms with Gasteiger partial charge < -0.3 is 10.6 Å². The van der Waals surface area contributed by atoms with Crippen molar-refractivity contribution in [3.8, 4) is 0 Å². The maximum Gasteiger partial charge on any atom is 0.408 e. The molecule has 0 bridgehead atoms. The summed E-state index contributed by atoms with van der Waals surface area (Å²) in [5.74, 6) is 0.160. The standard InChI is InChI=1S/C8H11F3N2/c1-6(8(9,10)11)13-5-3-2-4-7(13)12/h2-4,6H,5,12H2,1H3. The lowest BCUT2D eigenvalue weighted by atomic mass is 10.2. The number of alkyl halides is 3. The molecule has 0 radical (unpaired) electrons. The van der Waals surface area contributed by atoms with Crippen LogP contribution < -0.4 is 5.73 Å². The van der Waals surface area contributed by atoms with E-state index < -0.39 is 12.2 Å². The molecule has 1 aliphatic rings. The molecule has 0 saturated carbocycles. The molecule has 5 heteroatoms. The van der Waals surface area contributed by atoms with Gasteiger partial charge in [-0.3, -0.25) is 0 Å². The highest BCUT2D eigenvalue weighted by atomic mass is 19.4. The Hall–Kier alpha value is -1.13. The molecule has 2 nitrogen and oxygen atoms in total. The zero-order chi connectivity index (χ0) is 10.1. The fraction of sp³-hybridized carbons (Fsp3) is 0.500. The highest BCUT2D eigenvalue weighted by Gasteiger charge is 2.40. The minimum atomic E-state index is -4.23. The molecule has 0 spiro atoms. The number of hydrogen-bond acceptors (Lipinski definition) is 2.